The summed E-state index contributed by atoms with van der Waals surface area (Å²) in [6, 6.07) is 8.73. The van der Waals surface area contributed by atoms with Crippen LogP contribution in [-0.2, 0) is 6.42 Å². The highest BCUT2D eigenvalue weighted by molar-refractivity contribution is 5.72. The van der Waals surface area contributed by atoms with Gasteiger partial charge in [0.1, 0.15) is 5.69 Å². The van der Waals surface area contributed by atoms with Gasteiger partial charge in [0, 0.05) is 12.6 Å². The number of hydrogen-bond donors (Lipinski definition) is 3. The van der Waals surface area contributed by atoms with E-state index in [2.05, 4.69) is 18.3 Å². The number of nitro benzene ring substituents is 1. The molecule has 0 amide bonds. The Balaban J connectivity index is 0.000000168. The van der Waals surface area contributed by atoms with E-state index < -0.39 is 4.92 Å². The summed E-state index contributed by atoms with van der Waals surface area (Å²) in [5.41, 5.74) is 17.1. The molecule has 6 heteroatoms. The van der Waals surface area contributed by atoms with Crippen LogP contribution < -0.4 is 16.8 Å². The number of nitrogen functional groups attached to an aromatic ring is 2. The smallest absolute Gasteiger partial charge is 0.292 e. The van der Waals surface area contributed by atoms with Gasteiger partial charge in [-0.2, -0.15) is 0 Å². The van der Waals surface area contributed by atoms with E-state index in [1.165, 1.54) is 35.7 Å². The molecule has 23 heavy (non-hydrogen) atoms. The molecule has 122 valence electrons. The molecule has 0 saturated heterocycles. The van der Waals surface area contributed by atoms with Gasteiger partial charge in [0.2, 0.25) is 0 Å². The van der Waals surface area contributed by atoms with Crippen LogP contribution in [0.2, 0.25) is 0 Å². The molecule has 0 radical (unpaired) electrons. The lowest BCUT2D eigenvalue weighted by molar-refractivity contribution is -0.383. The minimum absolute atomic E-state index is 0.0319. The fourth-order valence-electron chi connectivity index (χ4n) is 2.62. The van der Waals surface area contributed by atoms with Crippen molar-refractivity contribution < 1.29 is 4.92 Å². The van der Waals surface area contributed by atoms with Crippen LogP contribution >= 0.6 is 0 Å². The van der Waals surface area contributed by atoms with Gasteiger partial charge >= 0.3 is 0 Å². The number of nitrogens with one attached hydrogen (secondary N) is 1. The van der Waals surface area contributed by atoms with Crippen molar-refractivity contribution in [1.29, 1.82) is 0 Å². The van der Waals surface area contributed by atoms with Gasteiger partial charge in [-0.25, -0.2) is 0 Å². The number of nitrogens with zero attached hydrogens (tertiary/aromatic N) is 1. The molecule has 0 atom stereocenters. The van der Waals surface area contributed by atoms with Gasteiger partial charge in [-0.3, -0.25) is 10.1 Å². The summed E-state index contributed by atoms with van der Waals surface area (Å²) in [5, 5.41) is 13.6. The molecular weight excluding hydrogens is 292 g/mol. The summed E-state index contributed by atoms with van der Waals surface area (Å²) in [5.74, 6) is 0. The first-order valence-electron chi connectivity index (χ1n) is 7.52. The second-order valence-electron chi connectivity index (χ2n) is 5.67. The SMILES string of the molecule is Cc1ccc(N)c2c1CCCN2.Cc1ccc([N+](=O)[O-])c(N)c1. The van der Waals surface area contributed by atoms with Crippen molar-refractivity contribution >= 4 is 22.7 Å². The summed E-state index contributed by atoms with van der Waals surface area (Å²) in [6.07, 6.45) is 2.39. The molecule has 0 fully saturated rings. The lowest BCUT2D eigenvalue weighted by Gasteiger charge is -2.21. The Morgan fingerprint density at radius 2 is 1.87 bits per heavy atom. The van der Waals surface area contributed by atoms with Crippen LogP contribution in [-0.4, -0.2) is 11.5 Å². The van der Waals surface area contributed by atoms with Gasteiger partial charge in [0.25, 0.3) is 5.69 Å². The third-order valence-corrected chi connectivity index (χ3v) is 3.86. The number of hydrogen-bond acceptors (Lipinski definition) is 5. The van der Waals surface area contributed by atoms with Crippen molar-refractivity contribution in [1.82, 2.24) is 0 Å². The average molecular weight is 314 g/mol. The van der Waals surface area contributed by atoms with E-state index in [1.807, 2.05) is 13.0 Å². The maximum absolute atomic E-state index is 10.3. The second-order valence-corrected chi connectivity index (χ2v) is 5.67. The van der Waals surface area contributed by atoms with Crippen LogP contribution in [0.1, 0.15) is 23.1 Å². The molecule has 3 rings (SSSR count). The third-order valence-electron chi connectivity index (χ3n) is 3.86. The van der Waals surface area contributed by atoms with Crippen LogP contribution in [0, 0.1) is 24.0 Å². The Morgan fingerprint density at radius 1 is 1.13 bits per heavy atom. The minimum atomic E-state index is -0.491. The highest BCUT2D eigenvalue weighted by atomic mass is 16.6. The predicted octanol–water partition coefficient (Wildman–Crippen LogP) is 3.42. The van der Waals surface area contributed by atoms with E-state index in [0.29, 0.717) is 0 Å². The maximum atomic E-state index is 10.3. The Kier molecular flexibility index (Phi) is 5.05. The summed E-state index contributed by atoms with van der Waals surface area (Å²) >= 11 is 0. The molecule has 5 N–H and O–H groups in total. The van der Waals surface area contributed by atoms with Gasteiger partial charge in [-0.05, 0) is 55.5 Å². The zero-order valence-electron chi connectivity index (χ0n) is 13.4. The minimum Gasteiger partial charge on any atom is -0.397 e. The molecule has 1 aliphatic heterocycles. The molecule has 6 nitrogen and oxygen atoms in total. The van der Waals surface area contributed by atoms with E-state index in [4.69, 9.17) is 11.5 Å². The van der Waals surface area contributed by atoms with Crippen molar-refractivity contribution in [3.05, 3.63) is 57.1 Å². The Labute approximate surface area is 135 Å². The predicted molar refractivity (Wildman–Crippen MR) is 94.6 cm³/mol. The van der Waals surface area contributed by atoms with Crippen molar-refractivity contribution in [3.8, 4) is 0 Å². The number of benzene rings is 2. The molecule has 0 bridgehead atoms. The normalized spacial score (nSPS) is 12.4. The largest absolute Gasteiger partial charge is 0.397 e. The van der Waals surface area contributed by atoms with Crippen molar-refractivity contribution in [2.24, 2.45) is 0 Å². The molecule has 1 heterocycles. The van der Waals surface area contributed by atoms with Crippen molar-refractivity contribution in [2.45, 2.75) is 26.7 Å². The van der Waals surface area contributed by atoms with Gasteiger partial charge in [0.15, 0.2) is 0 Å². The van der Waals surface area contributed by atoms with Crippen LogP contribution in [0.4, 0.5) is 22.7 Å². The topological polar surface area (TPSA) is 107 Å². The highest BCUT2D eigenvalue weighted by Crippen LogP contribution is 2.30. The van der Waals surface area contributed by atoms with Gasteiger partial charge in [0.05, 0.1) is 16.3 Å². The summed E-state index contributed by atoms with van der Waals surface area (Å²) in [7, 11) is 0. The van der Waals surface area contributed by atoms with Crippen molar-refractivity contribution in [3.63, 3.8) is 0 Å². The lowest BCUT2D eigenvalue weighted by Crippen LogP contribution is -2.14. The molecule has 0 saturated carbocycles. The van der Waals surface area contributed by atoms with Gasteiger partial charge in [-0.1, -0.05) is 12.1 Å². The summed E-state index contributed by atoms with van der Waals surface area (Å²) in [4.78, 5) is 9.77. The fraction of sp³-hybridized carbons (Fsp3) is 0.294. The standard InChI is InChI=1S/C10H14N2.C7H8N2O2/c1-7-4-5-9(11)10-8(7)3-2-6-12-10;1-5-2-3-7(9(10)11)6(8)4-5/h4-5,12H,2-3,6,11H2,1H3;2-4H,8H2,1H3. The Hall–Kier alpha value is -2.76. The first-order chi connectivity index (χ1) is 10.9. The van der Waals surface area contributed by atoms with E-state index in [-0.39, 0.29) is 11.4 Å². The molecule has 2 aromatic carbocycles. The fourth-order valence-corrected chi connectivity index (χ4v) is 2.62. The van der Waals surface area contributed by atoms with E-state index in [0.717, 1.165) is 17.8 Å². The summed E-state index contributed by atoms with van der Waals surface area (Å²) in [6.45, 7) is 5.03. The number of anilines is 3. The zero-order chi connectivity index (χ0) is 17.0. The average Bonchev–Trinajstić information content (AvgIpc) is 2.51. The van der Waals surface area contributed by atoms with Gasteiger partial charge in [-0.15, -0.1) is 0 Å². The number of nitro groups is 1. The monoisotopic (exact) mass is 314 g/mol. The maximum Gasteiger partial charge on any atom is 0.292 e. The van der Waals surface area contributed by atoms with Crippen LogP contribution in [0.15, 0.2) is 30.3 Å². The van der Waals surface area contributed by atoms with E-state index >= 15 is 0 Å². The van der Waals surface area contributed by atoms with Crippen molar-refractivity contribution in [2.75, 3.05) is 23.3 Å². The highest BCUT2D eigenvalue weighted by Gasteiger charge is 2.12. The molecular formula is C17H22N4O2. The number of rotatable bonds is 1. The van der Waals surface area contributed by atoms with Crippen LogP contribution in [0.3, 0.4) is 0 Å². The third kappa shape index (κ3) is 3.91. The van der Waals surface area contributed by atoms with Gasteiger partial charge < -0.3 is 16.8 Å². The quantitative estimate of drug-likeness (QED) is 0.424. The first-order valence-corrected chi connectivity index (χ1v) is 7.52. The second kappa shape index (κ2) is 7.00. The van der Waals surface area contributed by atoms with Crippen LogP contribution in [0.5, 0.6) is 0 Å². The number of aryl methyl sites for hydroxylation is 2. The summed E-state index contributed by atoms with van der Waals surface area (Å²) < 4.78 is 0. The van der Waals surface area contributed by atoms with E-state index in [9.17, 15) is 10.1 Å². The first kappa shape index (κ1) is 16.6. The molecule has 0 spiro atoms. The molecule has 0 aromatic heterocycles. The number of fused-ring (bicyclic) bond motifs is 1. The molecule has 0 unspecified atom stereocenters. The molecule has 2 aromatic rings. The lowest BCUT2D eigenvalue weighted by atomic mass is 9.97. The number of nitrogens with two attached hydrogens (primary N) is 2. The van der Waals surface area contributed by atoms with E-state index in [1.54, 1.807) is 12.1 Å². The Bertz CT molecular complexity index is 698. The molecule has 0 aliphatic carbocycles. The Morgan fingerprint density at radius 3 is 2.48 bits per heavy atom. The van der Waals surface area contributed by atoms with Crippen LogP contribution in [0.25, 0.3) is 0 Å². The molecule has 1 aliphatic rings. The zero-order valence-corrected chi connectivity index (χ0v) is 13.4.